The van der Waals surface area contributed by atoms with Crippen LogP contribution in [0.1, 0.15) is 15.9 Å². The Balaban J connectivity index is 1.54. The molecule has 0 aliphatic heterocycles. The normalized spacial score (nSPS) is 10.7. The maximum absolute atomic E-state index is 13.0. The summed E-state index contributed by atoms with van der Waals surface area (Å²) in [6, 6.07) is 31.0. The lowest BCUT2D eigenvalue weighted by atomic mass is 10.0. The molecule has 30 heavy (non-hydrogen) atoms. The van der Waals surface area contributed by atoms with Crippen molar-refractivity contribution in [1.82, 2.24) is 0 Å². The Labute approximate surface area is 194 Å². The first-order valence-electron chi connectivity index (χ1n) is 9.20. The number of hydrogen-bond donors (Lipinski definition) is 0. The summed E-state index contributed by atoms with van der Waals surface area (Å²) in [7, 11) is 0. The van der Waals surface area contributed by atoms with Crippen LogP contribution in [0.3, 0.4) is 0 Å². The first kappa shape index (κ1) is 21.1. The summed E-state index contributed by atoms with van der Waals surface area (Å²) in [6.45, 7) is 0. The third kappa shape index (κ3) is 5.11. The lowest BCUT2D eigenvalue weighted by Gasteiger charge is -2.09. The molecule has 0 radical (unpaired) electrons. The standard InChI is InChI=1S/C25H16Cl2OS2/c26-23-15-19(29-17-7-3-1-4-8-17)11-13-21(23)25(28)22-14-12-20(16-24(22)27)30-18-9-5-2-6-10-18/h1-16H. The van der Waals surface area contributed by atoms with E-state index in [9.17, 15) is 4.79 Å². The van der Waals surface area contributed by atoms with E-state index in [4.69, 9.17) is 23.2 Å². The molecule has 4 aromatic carbocycles. The molecule has 0 aliphatic carbocycles. The molecule has 0 fully saturated rings. The van der Waals surface area contributed by atoms with Crippen LogP contribution in [-0.4, -0.2) is 5.78 Å². The second-order valence-corrected chi connectivity index (χ2v) is 9.55. The molecule has 0 saturated heterocycles. The van der Waals surface area contributed by atoms with Crippen molar-refractivity contribution in [3.05, 3.63) is 118 Å². The minimum atomic E-state index is -0.183. The number of carbonyl (C=O) groups excluding carboxylic acids is 1. The summed E-state index contributed by atoms with van der Waals surface area (Å²) in [4.78, 5) is 17.2. The molecule has 0 N–H and O–H groups in total. The molecular weight excluding hydrogens is 451 g/mol. The molecule has 4 rings (SSSR count). The molecule has 1 nitrogen and oxygen atoms in total. The third-order valence-corrected chi connectivity index (χ3v) is 6.95. The molecule has 0 spiro atoms. The molecule has 0 aliphatic rings. The number of rotatable bonds is 6. The highest BCUT2D eigenvalue weighted by molar-refractivity contribution is 7.99. The predicted molar refractivity (Wildman–Crippen MR) is 127 cm³/mol. The molecular formula is C25H16Cl2OS2. The topological polar surface area (TPSA) is 17.1 Å². The van der Waals surface area contributed by atoms with Crippen LogP contribution < -0.4 is 0 Å². The van der Waals surface area contributed by atoms with Crippen LogP contribution in [0.5, 0.6) is 0 Å². The summed E-state index contributed by atoms with van der Waals surface area (Å²) in [5, 5.41) is 0.833. The van der Waals surface area contributed by atoms with E-state index in [1.165, 1.54) is 0 Å². The van der Waals surface area contributed by atoms with Gasteiger partial charge in [-0.25, -0.2) is 0 Å². The lowest BCUT2D eigenvalue weighted by molar-refractivity contribution is 0.103. The van der Waals surface area contributed by atoms with Crippen LogP contribution in [0.2, 0.25) is 10.0 Å². The highest BCUT2D eigenvalue weighted by Crippen LogP contribution is 2.34. The van der Waals surface area contributed by atoms with E-state index in [2.05, 4.69) is 0 Å². The van der Waals surface area contributed by atoms with E-state index in [1.54, 1.807) is 35.7 Å². The highest BCUT2D eigenvalue weighted by atomic mass is 35.5. The van der Waals surface area contributed by atoms with Crippen molar-refractivity contribution in [3.63, 3.8) is 0 Å². The summed E-state index contributed by atoms with van der Waals surface area (Å²) >= 11 is 16.1. The van der Waals surface area contributed by atoms with Gasteiger partial charge in [-0.1, -0.05) is 83.1 Å². The Morgan fingerprint density at radius 1 is 0.533 bits per heavy atom. The van der Waals surface area contributed by atoms with Gasteiger partial charge in [0.25, 0.3) is 0 Å². The predicted octanol–water partition coefficient (Wildman–Crippen LogP) is 8.53. The fourth-order valence-corrected chi connectivity index (χ4v) is 5.30. The Morgan fingerprint density at radius 3 is 1.30 bits per heavy atom. The van der Waals surface area contributed by atoms with Gasteiger partial charge in [0.2, 0.25) is 0 Å². The zero-order chi connectivity index (χ0) is 20.9. The molecule has 0 aromatic heterocycles. The fourth-order valence-electron chi connectivity index (χ4n) is 2.88. The number of ketones is 1. The maximum Gasteiger partial charge on any atom is 0.196 e. The van der Waals surface area contributed by atoms with E-state index in [0.717, 1.165) is 19.6 Å². The molecule has 0 heterocycles. The zero-order valence-electron chi connectivity index (χ0n) is 15.7. The van der Waals surface area contributed by atoms with E-state index in [0.29, 0.717) is 21.2 Å². The molecule has 0 unspecified atom stereocenters. The van der Waals surface area contributed by atoms with Gasteiger partial charge in [-0.15, -0.1) is 0 Å². The van der Waals surface area contributed by atoms with Crippen molar-refractivity contribution in [2.45, 2.75) is 19.6 Å². The van der Waals surface area contributed by atoms with Crippen molar-refractivity contribution >= 4 is 52.5 Å². The molecule has 0 atom stereocenters. The van der Waals surface area contributed by atoms with Crippen LogP contribution in [0.4, 0.5) is 0 Å². The van der Waals surface area contributed by atoms with Gasteiger partial charge in [0, 0.05) is 30.7 Å². The monoisotopic (exact) mass is 466 g/mol. The van der Waals surface area contributed by atoms with Crippen molar-refractivity contribution in [2.24, 2.45) is 0 Å². The quantitative estimate of drug-likeness (QED) is 0.265. The van der Waals surface area contributed by atoms with E-state index in [1.807, 2.05) is 84.9 Å². The van der Waals surface area contributed by atoms with Crippen LogP contribution in [-0.2, 0) is 0 Å². The van der Waals surface area contributed by atoms with E-state index >= 15 is 0 Å². The third-order valence-electron chi connectivity index (χ3n) is 4.33. The van der Waals surface area contributed by atoms with Gasteiger partial charge >= 0.3 is 0 Å². The number of halogens is 2. The van der Waals surface area contributed by atoms with Crippen LogP contribution in [0.25, 0.3) is 0 Å². The molecule has 0 bridgehead atoms. The SMILES string of the molecule is O=C(c1ccc(Sc2ccccc2)cc1Cl)c1ccc(Sc2ccccc2)cc1Cl. The summed E-state index contributed by atoms with van der Waals surface area (Å²) in [5.74, 6) is -0.183. The maximum atomic E-state index is 13.0. The van der Waals surface area contributed by atoms with Gasteiger partial charge in [0.05, 0.1) is 10.0 Å². The molecule has 5 heteroatoms. The Hall–Kier alpha value is -2.17. The van der Waals surface area contributed by atoms with Gasteiger partial charge in [-0.05, 0) is 60.7 Å². The average Bonchev–Trinajstić information content (AvgIpc) is 2.75. The minimum Gasteiger partial charge on any atom is -0.288 e. The highest BCUT2D eigenvalue weighted by Gasteiger charge is 2.17. The van der Waals surface area contributed by atoms with Crippen molar-refractivity contribution in [3.8, 4) is 0 Å². The summed E-state index contributed by atoms with van der Waals surface area (Å²) in [5.41, 5.74) is 0.888. The first-order chi connectivity index (χ1) is 14.6. The summed E-state index contributed by atoms with van der Waals surface area (Å²) < 4.78 is 0. The van der Waals surface area contributed by atoms with Gasteiger partial charge < -0.3 is 0 Å². The van der Waals surface area contributed by atoms with E-state index < -0.39 is 0 Å². The first-order valence-corrected chi connectivity index (χ1v) is 11.6. The summed E-state index contributed by atoms with van der Waals surface area (Å²) in [6.07, 6.45) is 0. The van der Waals surface area contributed by atoms with Crippen LogP contribution in [0, 0.1) is 0 Å². The fraction of sp³-hybridized carbons (Fsp3) is 0. The largest absolute Gasteiger partial charge is 0.288 e. The molecule has 0 saturated carbocycles. The zero-order valence-corrected chi connectivity index (χ0v) is 18.9. The second-order valence-electron chi connectivity index (χ2n) is 6.44. The molecule has 148 valence electrons. The van der Waals surface area contributed by atoms with Gasteiger partial charge in [-0.2, -0.15) is 0 Å². The Kier molecular flexibility index (Phi) is 6.86. The molecule has 4 aromatic rings. The number of hydrogen-bond acceptors (Lipinski definition) is 3. The Morgan fingerprint density at radius 2 is 0.933 bits per heavy atom. The lowest BCUT2D eigenvalue weighted by Crippen LogP contribution is -2.03. The van der Waals surface area contributed by atoms with Crippen LogP contribution in [0.15, 0.2) is 117 Å². The average molecular weight is 467 g/mol. The second kappa shape index (κ2) is 9.76. The molecule has 0 amide bonds. The van der Waals surface area contributed by atoms with Crippen LogP contribution >= 0.6 is 46.7 Å². The van der Waals surface area contributed by atoms with Crippen molar-refractivity contribution in [1.29, 1.82) is 0 Å². The number of carbonyl (C=O) groups is 1. The number of benzene rings is 4. The smallest absolute Gasteiger partial charge is 0.196 e. The van der Waals surface area contributed by atoms with E-state index in [-0.39, 0.29) is 5.78 Å². The minimum absolute atomic E-state index is 0.183. The Bertz CT molecular complexity index is 1090. The van der Waals surface area contributed by atoms with Gasteiger partial charge in [0.1, 0.15) is 0 Å². The van der Waals surface area contributed by atoms with Crippen molar-refractivity contribution < 1.29 is 4.79 Å². The van der Waals surface area contributed by atoms with Crippen molar-refractivity contribution in [2.75, 3.05) is 0 Å². The van der Waals surface area contributed by atoms with Gasteiger partial charge in [0.15, 0.2) is 5.78 Å². The van der Waals surface area contributed by atoms with Gasteiger partial charge in [-0.3, -0.25) is 4.79 Å².